The topological polar surface area (TPSA) is 151 Å². The molecule has 3 atom stereocenters. The zero-order valence-electron chi connectivity index (χ0n) is 11.0. The summed E-state index contributed by atoms with van der Waals surface area (Å²) in [5.74, 6) is 0. The molecule has 0 aliphatic carbocycles. The van der Waals surface area contributed by atoms with Crippen LogP contribution >= 0.6 is 7.75 Å². The van der Waals surface area contributed by atoms with Gasteiger partial charge in [-0.05, 0) is 6.92 Å². The van der Waals surface area contributed by atoms with Gasteiger partial charge in [0.15, 0.2) is 0 Å². The number of ether oxygens (including phenoxy) is 1. The fourth-order valence-electron chi connectivity index (χ4n) is 2.17. The van der Waals surface area contributed by atoms with Gasteiger partial charge in [-0.25, -0.2) is 9.36 Å². The van der Waals surface area contributed by atoms with E-state index in [4.69, 9.17) is 19.6 Å². The average Bonchev–Trinajstić information content (AvgIpc) is 2.73. The van der Waals surface area contributed by atoms with Gasteiger partial charge in [-0.15, -0.1) is 0 Å². The predicted molar refractivity (Wildman–Crippen MR) is 68.8 cm³/mol. The maximum atomic E-state index is 12.1. The monoisotopic (exact) mass is 322 g/mol. The van der Waals surface area contributed by atoms with Gasteiger partial charge in [0, 0.05) is 18.2 Å². The number of hydrogen-bond donors (Lipinski definition) is 4. The first kappa shape index (κ1) is 16.1. The lowest BCUT2D eigenvalue weighted by molar-refractivity contribution is -0.0461. The second-order valence-electron chi connectivity index (χ2n) is 4.75. The van der Waals surface area contributed by atoms with Crippen molar-refractivity contribution in [3.05, 3.63) is 32.6 Å². The summed E-state index contributed by atoms with van der Waals surface area (Å²) in [5.41, 5.74) is -2.40. The summed E-state index contributed by atoms with van der Waals surface area (Å²) < 4.78 is 17.2. The van der Waals surface area contributed by atoms with E-state index < -0.39 is 44.0 Å². The molecular weight excluding hydrogens is 307 g/mol. The number of rotatable bonds is 3. The van der Waals surface area contributed by atoms with E-state index in [1.165, 1.54) is 6.92 Å². The predicted octanol–water partition coefficient (Wildman–Crippen LogP) is -2.10. The van der Waals surface area contributed by atoms with E-state index in [1.54, 1.807) is 0 Å². The number of nitrogens with zero attached hydrogens (tertiary/aromatic N) is 2. The fourth-order valence-corrected chi connectivity index (χ4v) is 2.89. The lowest BCUT2D eigenvalue weighted by atomic mass is 10.2. The van der Waals surface area contributed by atoms with Crippen LogP contribution in [0.4, 0.5) is 0 Å². The van der Waals surface area contributed by atoms with Crippen LogP contribution in [0.25, 0.3) is 0 Å². The van der Waals surface area contributed by atoms with Crippen LogP contribution in [0.1, 0.15) is 18.2 Å². The number of aryl methyl sites for hydroxylation is 1. The summed E-state index contributed by atoms with van der Waals surface area (Å²) >= 11 is 0. The standard InChI is InChI=1S/C10H15N2O8P/c1-5-3-11(8-2-6(14)7(4-13)20-8)10(16)12(9(5)15)21(17,18)19/h3,6-8,13-14H,2,4H2,1H3,(H2,17,18,19)/t6-,7+,8+/m0/s1. The molecule has 4 N–H and O–H groups in total. The SMILES string of the molecule is Cc1cn([C@H]2C[C@H](O)[C@@H](CO)O2)c(=O)n(P(=O)(O)O)c1=O. The maximum Gasteiger partial charge on any atom is 0.440 e. The Bertz CT molecular complexity index is 704. The third-order valence-corrected chi connectivity index (χ3v) is 4.09. The molecule has 0 radical (unpaired) electrons. The van der Waals surface area contributed by atoms with E-state index in [0.29, 0.717) is 0 Å². The molecule has 2 rings (SSSR count). The largest absolute Gasteiger partial charge is 0.440 e. The Kier molecular flexibility index (Phi) is 4.20. The molecule has 1 aromatic rings. The minimum absolute atomic E-state index is 0.0517. The highest BCUT2D eigenvalue weighted by molar-refractivity contribution is 7.50. The molecule has 1 saturated heterocycles. The van der Waals surface area contributed by atoms with Crippen molar-refractivity contribution in [3.8, 4) is 0 Å². The molecule has 0 aromatic carbocycles. The van der Waals surface area contributed by atoms with Gasteiger partial charge in [0.2, 0.25) is 0 Å². The minimum Gasteiger partial charge on any atom is -0.394 e. The lowest BCUT2D eigenvalue weighted by Crippen LogP contribution is -2.41. The normalized spacial score (nSPS) is 26.2. The van der Waals surface area contributed by atoms with Crippen molar-refractivity contribution in [2.24, 2.45) is 0 Å². The number of hydrogen-bond acceptors (Lipinski definition) is 6. The third-order valence-electron chi connectivity index (χ3n) is 3.22. The molecule has 0 bridgehead atoms. The summed E-state index contributed by atoms with van der Waals surface area (Å²) in [5, 5.41) is 18.6. The second kappa shape index (κ2) is 5.48. The second-order valence-corrected chi connectivity index (χ2v) is 6.17. The van der Waals surface area contributed by atoms with E-state index in [1.807, 2.05) is 0 Å². The van der Waals surface area contributed by atoms with Crippen molar-refractivity contribution < 1.29 is 29.3 Å². The van der Waals surface area contributed by atoms with E-state index in [9.17, 15) is 19.3 Å². The molecule has 2 heterocycles. The number of aliphatic hydroxyl groups excluding tert-OH is 2. The van der Waals surface area contributed by atoms with Crippen LogP contribution in [0, 0.1) is 6.92 Å². The molecule has 118 valence electrons. The van der Waals surface area contributed by atoms with Gasteiger partial charge in [0.05, 0.1) is 12.7 Å². The van der Waals surface area contributed by atoms with Crippen LogP contribution in [-0.4, -0.2) is 47.7 Å². The first-order valence-corrected chi connectivity index (χ1v) is 7.59. The van der Waals surface area contributed by atoms with Gasteiger partial charge >= 0.3 is 13.4 Å². The Balaban J connectivity index is 2.58. The molecule has 1 aromatic heterocycles. The maximum absolute atomic E-state index is 12.1. The van der Waals surface area contributed by atoms with Gasteiger partial charge in [0.25, 0.3) is 5.56 Å². The minimum atomic E-state index is -5.12. The first-order chi connectivity index (χ1) is 9.66. The molecule has 11 heteroatoms. The zero-order chi connectivity index (χ0) is 15.9. The van der Waals surface area contributed by atoms with Gasteiger partial charge in [0.1, 0.15) is 12.3 Å². The molecule has 0 amide bonds. The van der Waals surface area contributed by atoms with Crippen molar-refractivity contribution in [1.82, 2.24) is 8.90 Å². The van der Waals surface area contributed by atoms with Crippen molar-refractivity contribution in [3.63, 3.8) is 0 Å². The van der Waals surface area contributed by atoms with Crippen molar-refractivity contribution in [1.29, 1.82) is 0 Å². The average molecular weight is 322 g/mol. The Labute approximate surface area is 118 Å². The fraction of sp³-hybridized carbons (Fsp3) is 0.600. The molecule has 0 spiro atoms. The highest BCUT2D eigenvalue weighted by Crippen LogP contribution is 2.33. The Morgan fingerprint density at radius 3 is 2.52 bits per heavy atom. The molecule has 21 heavy (non-hydrogen) atoms. The Morgan fingerprint density at radius 1 is 1.43 bits per heavy atom. The molecule has 1 fully saturated rings. The summed E-state index contributed by atoms with van der Waals surface area (Å²) in [6.07, 6.45) is -1.90. The van der Waals surface area contributed by atoms with E-state index in [0.717, 1.165) is 10.8 Å². The molecule has 0 saturated carbocycles. The van der Waals surface area contributed by atoms with Crippen LogP contribution in [0.5, 0.6) is 0 Å². The highest BCUT2D eigenvalue weighted by atomic mass is 31.2. The molecule has 10 nitrogen and oxygen atoms in total. The molecule has 0 unspecified atom stereocenters. The van der Waals surface area contributed by atoms with Crippen LogP contribution in [0.2, 0.25) is 0 Å². The zero-order valence-corrected chi connectivity index (χ0v) is 11.9. The van der Waals surface area contributed by atoms with Gasteiger partial charge in [-0.2, -0.15) is 4.34 Å². The van der Waals surface area contributed by atoms with E-state index >= 15 is 0 Å². The van der Waals surface area contributed by atoms with E-state index in [2.05, 4.69) is 0 Å². The van der Waals surface area contributed by atoms with Crippen LogP contribution in [-0.2, 0) is 9.30 Å². The lowest BCUT2D eigenvalue weighted by Gasteiger charge is -2.17. The van der Waals surface area contributed by atoms with E-state index in [-0.39, 0.29) is 16.3 Å². The van der Waals surface area contributed by atoms with Crippen molar-refractivity contribution in [2.75, 3.05) is 6.61 Å². The van der Waals surface area contributed by atoms with Gasteiger partial charge in [-0.3, -0.25) is 9.36 Å². The van der Waals surface area contributed by atoms with Gasteiger partial charge < -0.3 is 24.7 Å². The van der Waals surface area contributed by atoms with Crippen LogP contribution in [0.3, 0.4) is 0 Å². The van der Waals surface area contributed by atoms with Gasteiger partial charge in [-0.1, -0.05) is 0 Å². The summed E-state index contributed by atoms with van der Waals surface area (Å²) in [7, 11) is -5.12. The summed E-state index contributed by atoms with van der Waals surface area (Å²) in [6.45, 7) is 0.822. The molecule has 1 aliphatic heterocycles. The molecular formula is C10H15N2O8P. The molecule has 1 aliphatic rings. The van der Waals surface area contributed by atoms with Crippen LogP contribution in [0.15, 0.2) is 15.8 Å². The summed E-state index contributed by atoms with van der Waals surface area (Å²) in [4.78, 5) is 42.0. The van der Waals surface area contributed by atoms with Crippen molar-refractivity contribution in [2.45, 2.75) is 31.8 Å². The summed E-state index contributed by atoms with van der Waals surface area (Å²) in [6, 6.07) is 0. The first-order valence-electron chi connectivity index (χ1n) is 6.02. The van der Waals surface area contributed by atoms with Crippen LogP contribution < -0.4 is 11.2 Å². The highest BCUT2D eigenvalue weighted by Gasteiger charge is 2.36. The third kappa shape index (κ3) is 2.86. The number of aromatic nitrogens is 2. The van der Waals surface area contributed by atoms with Crippen molar-refractivity contribution >= 4 is 7.75 Å². The number of aliphatic hydroxyl groups is 2. The quantitative estimate of drug-likeness (QED) is 0.462. The Hall–Kier alpha value is -1.29. The Morgan fingerprint density at radius 2 is 2.05 bits per heavy atom. The smallest absolute Gasteiger partial charge is 0.394 e.